The summed E-state index contributed by atoms with van der Waals surface area (Å²) in [5, 5.41) is 0.967. The van der Waals surface area contributed by atoms with Crippen molar-refractivity contribution in [3.63, 3.8) is 0 Å². The first-order chi connectivity index (χ1) is 10.3. The van der Waals surface area contributed by atoms with Gasteiger partial charge in [-0.2, -0.15) is 0 Å². The van der Waals surface area contributed by atoms with Crippen LogP contribution >= 0.6 is 15.9 Å². The van der Waals surface area contributed by atoms with Crippen LogP contribution in [-0.2, 0) is 4.74 Å². The van der Waals surface area contributed by atoms with E-state index in [1.54, 1.807) is 0 Å². The van der Waals surface area contributed by atoms with Crippen LogP contribution in [0.2, 0.25) is 0 Å². The molecule has 0 aromatic heterocycles. The van der Waals surface area contributed by atoms with Gasteiger partial charge in [0.05, 0.1) is 11.7 Å². The monoisotopic (exact) mass is 368 g/mol. The van der Waals surface area contributed by atoms with Gasteiger partial charge in [-0.3, -0.25) is 0 Å². The molecule has 0 aliphatic carbocycles. The van der Waals surface area contributed by atoms with Crippen LogP contribution in [0.3, 0.4) is 0 Å². The van der Waals surface area contributed by atoms with Crippen LogP contribution < -0.4 is 0 Å². The van der Waals surface area contributed by atoms with Gasteiger partial charge in [0.15, 0.2) is 0 Å². The van der Waals surface area contributed by atoms with E-state index in [1.165, 1.54) is 48.8 Å². The van der Waals surface area contributed by atoms with Crippen molar-refractivity contribution in [1.82, 2.24) is 0 Å². The second-order valence-electron chi connectivity index (χ2n) is 7.13. The minimum Gasteiger partial charge on any atom is -0.367 e. The molecule has 1 aliphatic heterocycles. The van der Waals surface area contributed by atoms with E-state index < -0.39 is 0 Å². The molecule has 0 aromatic carbocycles. The fourth-order valence-electron chi connectivity index (χ4n) is 2.63. The maximum Gasteiger partial charge on any atom is 0.0892 e. The molecular formula is C20H33BrO. The Morgan fingerprint density at radius 1 is 0.909 bits per heavy atom. The van der Waals surface area contributed by atoms with Crippen molar-refractivity contribution in [2.45, 2.75) is 84.8 Å². The Kier molecular flexibility index (Phi) is 8.71. The number of allylic oxidation sites excluding steroid dienone is 6. The number of halogens is 1. The Morgan fingerprint density at radius 2 is 1.36 bits per heavy atom. The summed E-state index contributed by atoms with van der Waals surface area (Å²) >= 11 is 3.44. The van der Waals surface area contributed by atoms with Gasteiger partial charge in [0, 0.05) is 5.33 Å². The maximum absolute atomic E-state index is 5.63. The van der Waals surface area contributed by atoms with Gasteiger partial charge in [0.2, 0.25) is 0 Å². The highest BCUT2D eigenvalue weighted by Gasteiger charge is 2.46. The molecule has 1 rings (SSSR count). The molecular weight excluding hydrogens is 336 g/mol. The normalized spacial score (nSPS) is 22.1. The van der Waals surface area contributed by atoms with E-state index >= 15 is 0 Å². The van der Waals surface area contributed by atoms with E-state index in [4.69, 9.17) is 4.74 Å². The first-order valence-corrected chi connectivity index (χ1v) is 9.68. The van der Waals surface area contributed by atoms with Crippen molar-refractivity contribution in [2.24, 2.45) is 0 Å². The van der Waals surface area contributed by atoms with Crippen molar-refractivity contribution in [1.29, 1.82) is 0 Å². The molecule has 22 heavy (non-hydrogen) atoms. The first-order valence-electron chi connectivity index (χ1n) is 8.56. The second kappa shape index (κ2) is 9.72. The number of ether oxygens (including phenoxy) is 1. The van der Waals surface area contributed by atoms with Crippen molar-refractivity contribution in [2.75, 3.05) is 5.33 Å². The summed E-state index contributed by atoms with van der Waals surface area (Å²) in [6.07, 6.45) is 14.6. The summed E-state index contributed by atoms with van der Waals surface area (Å²) in [6.45, 7) is 11.1. The van der Waals surface area contributed by atoms with Crippen molar-refractivity contribution >= 4 is 15.9 Å². The molecule has 0 N–H and O–H groups in total. The fourth-order valence-corrected chi connectivity index (χ4v) is 3.18. The summed E-state index contributed by atoms with van der Waals surface area (Å²) in [4.78, 5) is 0. The van der Waals surface area contributed by atoms with Gasteiger partial charge in [-0.15, -0.1) is 0 Å². The molecule has 1 saturated heterocycles. The number of epoxide rings is 1. The van der Waals surface area contributed by atoms with Gasteiger partial charge >= 0.3 is 0 Å². The predicted octanol–water partition coefficient (Wildman–Crippen LogP) is 6.74. The quantitative estimate of drug-likeness (QED) is 0.236. The summed E-state index contributed by atoms with van der Waals surface area (Å²) < 4.78 is 5.63. The Morgan fingerprint density at radius 3 is 1.82 bits per heavy atom. The summed E-state index contributed by atoms with van der Waals surface area (Å²) in [5.74, 6) is 0. The summed E-state index contributed by atoms with van der Waals surface area (Å²) in [7, 11) is 0. The lowest BCUT2D eigenvalue weighted by atomic mass is 10.0. The maximum atomic E-state index is 5.63. The lowest BCUT2D eigenvalue weighted by Gasteiger charge is -2.03. The summed E-state index contributed by atoms with van der Waals surface area (Å²) in [5.41, 5.74) is 4.64. The molecule has 0 saturated carbocycles. The van der Waals surface area contributed by atoms with Crippen molar-refractivity contribution in [3.8, 4) is 0 Å². The zero-order valence-electron chi connectivity index (χ0n) is 15.0. The largest absolute Gasteiger partial charge is 0.367 e. The van der Waals surface area contributed by atoms with Crippen LogP contribution in [0, 0.1) is 0 Å². The molecule has 1 unspecified atom stereocenters. The molecule has 0 amide bonds. The Bertz CT molecular complexity index is 429. The molecule has 126 valence electrons. The minimum atomic E-state index is 0.140. The average Bonchev–Trinajstić information content (AvgIpc) is 3.04. The second-order valence-corrected chi connectivity index (χ2v) is 7.78. The number of rotatable bonds is 10. The first kappa shape index (κ1) is 19.7. The molecule has 1 aliphatic rings. The molecule has 1 heterocycles. The highest BCUT2D eigenvalue weighted by Crippen LogP contribution is 2.38. The molecule has 1 atom stereocenters. The van der Waals surface area contributed by atoms with Crippen LogP contribution in [0.1, 0.15) is 73.1 Å². The van der Waals surface area contributed by atoms with Crippen molar-refractivity contribution < 1.29 is 4.74 Å². The highest BCUT2D eigenvalue weighted by atomic mass is 79.9. The molecule has 0 spiro atoms. The number of alkyl halides is 1. The van der Waals surface area contributed by atoms with Crippen LogP contribution in [-0.4, -0.2) is 17.0 Å². The third-order valence-electron chi connectivity index (χ3n) is 4.45. The summed E-state index contributed by atoms with van der Waals surface area (Å²) in [6, 6.07) is 0. The molecule has 0 aromatic rings. The lowest BCUT2D eigenvalue weighted by Crippen LogP contribution is -2.02. The van der Waals surface area contributed by atoms with E-state index in [0.29, 0.717) is 6.10 Å². The third kappa shape index (κ3) is 8.33. The third-order valence-corrected chi connectivity index (χ3v) is 4.78. The zero-order chi connectivity index (χ0) is 16.6. The van der Waals surface area contributed by atoms with Gasteiger partial charge in [-0.25, -0.2) is 0 Å². The van der Waals surface area contributed by atoms with E-state index in [2.05, 4.69) is 68.8 Å². The standard InChI is InChI=1S/C20H33BrO/c1-16(9-7-11-18(3)14-15-21)8-6-10-17(2)12-13-19-20(4,5)22-19/h9-10,14,19H,6-8,11-13,15H2,1-5H3/b16-9+,17-10+,18-14+. The van der Waals surface area contributed by atoms with Gasteiger partial charge in [-0.1, -0.05) is 50.9 Å². The smallest absolute Gasteiger partial charge is 0.0892 e. The van der Waals surface area contributed by atoms with Crippen LogP contribution in [0.5, 0.6) is 0 Å². The van der Waals surface area contributed by atoms with E-state index in [-0.39, 0.29) is 5.60 Å². The minimum absolute atomic E-state index is 0.140. The van der Waals surface area contributed by atoms with Gasteiger partial charge < -0.3 is 4.74 Å². The lowest BCUT2D eigenvalue weighted by molar-refractivity contribution is 0.320. The molecule has 0 bridgehead atoms. The molecule has 2 heteroatoms. The predicted molar refractivity (Wildman–Crippen MR) is 102 cm³/mol. The van der Waals surface area contributed by atoms with E-state index in [1.807, 2.05) is 0 Å². The SMILES string of the molecule is C/C(=C\CBr)CC/C=C(\C)CC/C=C(\C)CCC1OC1(C)C. The average molecular weight is 369 g/mol. The molecule has 1 nitrogen and oxygen atoms in total. The Balaban J connectivity index is 2.16. The van der Waals surface area contributed by atoms with Crippen LogP contribution in [0.4, 0.5) is 0 Å². The zero-order valence-corrected chi connectivity index (χ0v) is 16.6. The van der Waals surface area contributed by atoms with Gasteiger partial charge in [0.25, 0.3) is 0 Å². The number of hydrogen-bond acceptors (Lipinski definition) is 1. The Hall–Kier alpha value is -0.340. The van der Waals surface area contributed by atoms with Crippen LogP contribution in [0.15, 0.2) is 34.9 Å². The van der Waals surface area contributed by atoms with Gasteiger partial charge in [0.1, 0.15) is 0 Å². The van der Waals surface area contributed by atoms with Crippen molar-refractivity contribution in [3.05, 3.63) is 34.9 Å². The van der Waals surface area contributed by atoms with Gasteiger partial charge in [-0.05, 0) is 73.1 Å². The van der Waals surface area contributed by atoms with E-state index in [0.717, 1.165) is 11.8 Å². The number of hydrogen-bond donors (Lipinski definition) is 0. The Labute approximate surface area is 146 Å². The van der Waals surface area contributed by atoms with Crippen LogP contribution in [0.25, 0.3) is 0 Å². The highest BCUT2D eigenvalue weighted by molar-refractivity contribution is 9.09. The fraction of sp³-hybridized carbons (Fsp3) is 0.700. The molecule has 1 fully saturated rings. The molecule has 0 radical (unpaired) electrons. The topological polar surface area (TPSA) is 12.5 Å². The van der Waals surface area contributed by atoms with E-state index in [9.17, 15) is 0 Å².